The maximum absolute atomic E-state index is 10.8. The van der Waals surface area contributed by atoms with Crippen molar-refractivity contribution in [3.05, 3.63) is 101 Å². The number of rotatable bonds is 6. The van der Waals surface area contributed by atoms with E-state index in [1.165, 1.54) is 16.2 Å². The summed E-state index contributed by atoms with van der Waals surface area (Å²) in [4.78, 5) is 13.0. The van der Waals surface area contributed by atoms with Gasteiger partial charge in [-0.15, -0.1) is 0 Å². The Kier molecular flexibility index (Phi) is 5.98. The number of benzene rings is 3. The van der Waals surface area contributed by atoms with Gasteiger partial charge in [0.2, 0.25) is 0 Å². The summed E-state index contributed by atoms with van der Waals surface area (Å²) in [6.45, 7) is 2.90. The Hall–Kier alpha value is -2.95. The third-order valence-corrected chi connectivity index (χ3v) is 6.35. The van der Waals surface area contributed by atoms with Crippen molar-refractivity contribution < 1.29 is 9.90 Å². The Morgan fingerprint density at radius 2 is 1.87 bits per heavy atom. The molecule has 3 aromatic carbocycles. The molecule has 30 heavy (non-hydrogen) atoms. The maximum Gasteiger partial charge on any atom is 0.328 e. The van der Waals surface area contributed by atoms with Crippen LogP contribution in [0.5, 0.6) is 0 Å². The molecule has 0 saturated heterocycles. The molecule has 5 heteroatoms. The quantitative estimate of drug-likeness (QED) is 0.336. The molecule has 0 amide bonds. The van der Waals surface area contributed by atoms with E-state index in [9.17, 15) is 4.79 Å². The fourth-order valence-electron chi connectivity index (χ4n) is 3.48. The molecule has 0 atom stereocenters. The van der Waals surface area contributed by atoms with E-state index >= 15 is 0 Å². The first kappa shape index (κ1) is 20.3. The zero-order valence-corrected chi connectivity index (χ0v) is 18.0. The van der Waals surface area contributed by atoms with Gasteiger partial charge in [-0.3, -0.25) is 0 Å². The lowest BCUT2D eigenvalue weighted by Gasteiger charge is -2.09. The molecule has 0 unspecified atom stereocenters. The maximum atomic E-state index is 10.8. The van der Waals surface area contributed by atoms with Gasteiger partial charge in [0.15, 0.2) is 0 Å². The molecule has 0 aliphatic carbocycles. The Morgan fingerprint density at radius 3 is 2.63 bits per heavy atom. The predicted octanol–water partition coefficient (Wildman–Crippen LogP) is 6.90. The number of carboxylic acid groups (broad SMARTS) is 1. The minimum absolute atomic E-state index is 0.715. The van der Waals surface area contributed by atoms with Crippen molar-refractivity contribution in [2.45, 2.75) is 23.3 Å². The summed E-state index contributed by atoms with van der Waals surface area (Å²) < 4.78 is 2.30. The van der Waals surface area contributed by atoms with Crippen LogP contribution in [0, 0.1) is 6.92 Å². The number of aliphatic carboxylic acids is 1. The SMILES string of the molecule is Cc1c(Sc2cccc(/C=C/C(=O)O)c2)c2ccc(Cl)cc2n1Cc1ccccc1. The van der Waals surface area contributed by atoms with Crippen molar-refractivity contribution in [3.8, 4) is 0 Å². The lowest BCUT2D eigenvalue weighted by atomic mass is 10.2. The summed E-state index contributed by atoms with van der Waals surface area (Å²) in [5.41, 5.74) is 4.37. The topological polar surface area (TPSA) is 42.2 Å². The second-order valence-corrected chi connectivity index (χ2v) is 8.51. The Morgan fingerprint density at radius 1 is 1.07 bits per heavy atom. The highest BCUT2D eigenvalue weighted by atomic mass is 35.5. The summed E-state index contributed by atoms with van der Waals surface area (Å²) in [6.07, 6.45) is 2.76. The van der Waals surface area contributed by atoms with Gasteiger partial charge in [-0.05, 0) is 48.4 Å². The Bertz CT molecular complexity index is 1240. The smallest absolute Gasteiger partial charge is 0.328 e. The summed E-state index contributed by atoms with van der Waals surface area (Å²) in [5.74, 6) is -0.954. The second-order valence-electron chi connectivity index (χ2n) is 6.99. The predicted molar refractivity (Wildman–Crippen MR) is 124 cm³/mol. The number of halogens is 1. The van der Waals surface area contributed by atoms with Crippen molar-refractivity contribution in [3.63, 3.8) is 0 Å². The third kappa shape index (κ3) is 4.45. The van der Waals surface area contributed by atoms with E-state index in [4.69, 9.17) is 16.7 Å². The van der Waals surface area contributed by atoms with Gasteiger partial charge in [0.05, 0.1) is 5.52 Å². The van der Waals surface area contributed by atoms with Crippen molar-refractivity contribution in [2.24, 2.45) is 0 Å². The van der Waals surface area contributed by atoms with Gasteiger partial charge in [0.25, 0.3) is 0 Å². The van der Waals surface area contributed by atoms with E-state index in [1.54, 1.807) is 17.8 Å². The van der Waals surface area contributed by atoms with Crippen LogP contribution in [0.1, 0.15) is 16.8 Å². The highest BCUT2D eigenvalue weighted by Gasteiger charge is 2.16. The molecule has 1 heterocycles. The number of aromatic nitrogens is 1. The summed E-state index contributed by atoms with van der Waals surface area (Å²) in [6, 6.07) is 24.3. The van der Waals surface area contributed by atoms with Gasteiger partial charge in [-0.1, -0.05) is 71.9 Å². The molecule has 0 saturated carbocycles. The van der Waals surface area contributed by atoms with Gasteiger partial charge in [0.1, 0.15) is 0 Å². The standard InChI is InChI=1S/C25H20ClNO2S/c1-17-25(30-21-9-5-8-18(14-21)10-13-24(28)29)22-12-11-20(26)15-23(22)27(17)16-19-6-3-2-4-7-19/h2-15H,16H2,1H3,(H,28,29)/b13-10+. The zero-order chi connectivity index (χ0) is 21.1. The van der Waals surface area contributed by atoms with E-state index in [0.717, 1.165) is 34.0 Å². The summed E-state index contributed by atoms with van der Waals surface area (Å²) in [7, 11) is 0. The van der Waals surface area contributed by atoms with Crippen LogP contribution in [0.4, 0.5) is 0 Å². The fourth-order valence-corrected chi connectivity index (χ4v) is 4.77. The lowest BCUT2D eigenvalue weighted by molar-refractivity contribution is -0.131. The molecule has 4 aromatic rings. The van der Waals surface area contributed by atoms with E-state index in [0.29, 0.717) is 5.02 Å². The molecule has 0 radical (unpaired) electrons. The molecule has 1 N–H and O–H groups in total. The van der Waals surface area contributed by atoms with Crippen LogP contribution in [-0.2, 0) is 11.3 Å². The first-order valence-electron chi connectivity index (χ1n) is 9.52. The van der Waals surface area contributed by atoms with Crippen molar-refractivity contribution >= 4 is 46.3 Å². The lowest BCUT2D eigenvalue weighted by Crippen LogP contribution is -2.01. The van der Waals surface area contributed by atoms with Gasteiger partial charge >= 0.3 is 5.97 Å². The van der Waals surface area contributed by atoms with Crippen LogP contribution in [0.25, 0.3) is 17.0 Å². The number of carbonyl (C=O) groups is 1. The van der Waals surface area contributed by atoms with Gasteiger partial charge < -0.3 is 9.67 Å². The van der Waals surface area contributed by atoms with Crippen molar-refractivity contribution in [2.75, 3.05) is 0 Å². The number of fused-ring (bicyclic) bond motifs is 1. The van der Waals surface area contributed by atoms with Crippen LogP contribution in [0.3, 0.4) is 0 Å². The molecular formula is C25H20ClNO2S. The fraction of sp³-hybridized carbons (Fsp3) is 0.0800. The summed E-state index contributed by atoms with van der Waals surface area (Å²) >= 11 is 8.00. The molecule has 0 aliphatic heterocycles. The van der Waals surface area contributed by atoms with Crippen LogP contribution >= 0.6 is 23.4 Å². The number of hydrogen-bond donors (Lipinski definition) is 1. The molecule has 4 rings (SSSR count). The Balaban J connectivity index is 1.75. The van der Waals surface area contributed by atoms with Gasteiger partial charge in [0, 0.05) is 38.5 Å². The van der Waals surface area contributed by atoms with Gasteiger partial charge in [-0.2, -0.15) is 0 Å². The van der Waals surface area contributed by atoms with E-state index in [2.05, 4.69) is 41.8 Å². The van der Waals surface area contributed by atoms with Crippen LogP contribution < -0.4 is 0 Å². The average Bonchev–Trinajstić information content (AvgIpc) is 2.98. The molecule has 1 aromatic heterocycles. The summed E-state index contributed by atoms with van der Waals surface area (Å²) in [5, 5.41) is 10.7. The van der Waals surface area contributed by atoms with Gasteiger partial charge in [-0.25, -0.2) is 4.79 Å². The van der Waals surface area contributed by atoms with E-state index in [1.807, 2.05) is 42.5 Å². The van der Waals surface area contributed by atoms with E-state index in [-0.39, 0.29) is 0 Å². The number of nitrogens with zero attached hydrogens (tertiary/aromatic N) is 1. The molecule has 3 nitrogen and oxygen atoms in total. The number of hydrogen-bond acceptors (Lipinski definition) is 2. The average molecular weight is 434 g/mol. The third-order valence-electron chi connectivity index (χ3n) is 4.91. The normalized spacial score (nSPS) is 11.4. The molecule has 0 bridgehead atoms. The first-order chi connectivity index (χ1) is 14.5. The van der Waals surface area contributed by atoms with Crippen LogP contribution in [0.2, 0.25) is 5.02 Å². The second kappa shape index (κ2) is 8.82. The molecule has 0 spiro atoms. The highest BCUT2D eigenvalue weighted by Crippen LogP contribution is 2.39. The zero-order valence-electron chi connectivity index (χ0n) is 16.4. The number of carboxylic acids is 1. The van der Waals surface area contributed by atoms with Crippen LogP contribution in [0.15, 0.2) is 88.7 Å². The largest absolute Gasteiger partial charge is 0.478 e. The van der Waals surface area contributed by atoms with Crippen molar-refractivity contribution in [1.29, 1.82) is 0 Å². The molecule has 0 aliphatic rings. The molecule has 150 valence electrons. The monoisotopic (exact) mass is 433 g/mol. The van der Waals surface area contributed by atoms with E-state index < -0.39 is 5.97 Å². The molecular weight excluding hydrogens is 414 g/mol. The van der Waals surface area contributed by atoms with Crippen molar-refractivity contribution in [1.82, 2.24) is 4.57 Å². The minimum Gasteiger partial charge on any atom is -0.478 e. The molecule has 0 fully saturated rings. The minimum atomic E-state index is -0.954. The Labute approximate surface area is 184 Å². The van der Waals surface area contributed by atoms with Crippen LogP contribution in [-0.4, -0.2) is 15.6 Å². The first-order valence-corrected chi connectivity index (χ1v) is 10.7. The highest BCUT2D eigenvalue weighted by molar-refractivity contribution is 7.99.